The van der Waals surface area contributed by atoms with E-state index < -0.39 is 0 Å². The lowest BCUT2D eigenvalue weighted by Crippen LogP contribution is -2.20. The van der Waals surface area contributed by atoms with Crippen LogP contribution in [0.2, 0.25) is 0 Å². The van der Waals surface area contributed by atoms with Crippen molar-refractivity contribution in [2.45, 2.75) is 19.4 Å². The number of aryl methyl sites for hydroxylation is 2. The van der Waals surface area contributed by atoms with E-state index in [2.05, 4.69) is 38.5 Å². The largest absolute Gasteiger partial charge is 0.497 e. The minimum Gasteiger partial charge on any atom is -0.497 e. The van der Waals surface area contributed by atoms with Gasteiger partial charge in [0.2, 0.25) is 0 Å². The average Bonchev–Trinajstić information content (AvgIpc) is 2.70. The molecule has 1 aromatic heterocycles. The molecule has 1 heterocycles. The van der Waals surface area contributed by atoms with E-state index >= 15 is 0 Å². The van der Waals surface area contributed by atoms with Crippen LogP contribution in [0.4, 0.5) is 0 Å². The molecule has 0 saturated heterocycles. The molecule has 2 rings (SSSR count). The van der Waals surface area contributed by atoms with Gasteiger partial charge in [-0.3, -0.25) is 4.68 Å². The van der Waals surface area contributed by atoms with Crippen LogP contribution >= 0.6 is 15.9 Å². The Morgan fingerprint density at radius 2 is 2.20 bits per heavy atom. The van der Waals surface area contributed by atoms with Gasteiger partial charge >= 0.3 is 0 Å². The molecule has 1 atom stereocenters. The molecule has 0 radical (unpaired) electrons. The van der Waals surface area contributed by atoms with E-state index in [4.69, 9.17) is 4.74 Å². The highest BCUT2D eigenvalue weighted by atomic mass is 79.9. The normalized spacial score (nSPS) is 12.4. The summed E-state index contributed by atoms with van der Waals surface area (Å²) in [4.78, 5) is 0. The summed E-state index contributed by atoms with van der Waals surface area (Å²) in [5, 5.41) is 7.81. The molecule has 4 nitrogen and oxygen atoms in total. The van der Waals surface area contributed by atoms with E-state index in [1.54, 1.807) is 7.11 Å². The molecule has 0 aliphatic carbocycles. The number of halogens is 1. The molecule has 0 amide bonds. The Hall–Kier alpha value is -1.33. The number of nitrogens with zero attached hydrogens (tertiary/aromatic N) is 2. The van der Waals surface area contributed by atoms with Gasteiger partial charge in [0.05, 0.1) is 23.0 Å². The van der Waals surface area contributed by atoms with Gasteiger partial charge in [-0.15, -0.1) is 0 Å². The number of aromatic nitrogens is 2. The van der Waals surface area contributed by atoms with Crippen LogP contribution < -0.4 is 10.1 Å². The second kappa shape index (κ2) is 6.41. The van der Waals surface area contributed by atoms with Crippen LogP contribution in [0.3, 0.4) is 0 Å². The first-order valence-electron chi connectivity index (χ1n) is 6.56. The van der Waals surface area contributed by atoms with Crippen LogP contribution in [0.15, 0.2) is 28.7 Å². The Bertz CT molecular complexity index is 595. The Morgan fingerprint density at radius 3 is 2.75 bits per heavy atom. The molecule has 1 N–H and O–H groups in total. The van der Waals surface area contributed by atoms with Gasteiger partial charge < -0.3 is 10.1 Å². The summed E-state index contributed by atoms with van der Waals surface area (Å²) in [7, 11) is 5.64. The first-order valence-corrected chi connectivity index (χ1v) is 7.35. The monoisotopic (exact) mass is 337 g/mol. The number of benzene rings is 1. The second-order valence-electron chi connectivity index (χ2n) is 4.79. The molecule has 20 heavy (non-hydrogen) atoms. The fraction of sp³-hybridized carbons (Fsp3) is 0.400. The summed E-state index contributed by atoms with van der Waals surface area (Å²) in [6.07, 6.45) is 0.863. The van der Waals surface area contributed by atoms with Crippen LogP contribution in [-0.4, -0.2) is 23.9 Å². The molecule has 0 aliphatic heterocycles. The lowest BCUT2D eigenvalue weighted by atomic mass is 10.0. The van der Waals surface area contributed by atoms with Crippen molar-refractivity contribution in [3.8, 4) is 5.75 Å². The average molecular weight is 338 g/mol. The third kappa shape index (κ3) is 3.04. The number of ether oxygens (including phenoxy) is 1. The predicted octanol–water partition coefficient (Wildman–Crippen LogP) is 3.00. The van der Waals surface area contributed by atoms with Gasteiger partial charge in [-0.2, -0.15) is 5.10 Å². The number of nitrogens with one attached hydrogen (secondary N) is 1. The van der Waals surface area contributed by atoms with Crippen LogP contribution in [0, 0.1) is 6.92 Å². The third-order valence-corrected chi connectivity index (χ3v) is 4.54. The molecule has 0 aliphatic rings. The minimum atomic E-state index is 0.219. The van der Waals surface area contributed by atoms with Crippen molar-refractivity contribution in [3.05, 3.63) is 45.7 Å². The molecule has 0 saturated carbocycles. The van der Waals surface area contributed by atoms with Crippen molar-refractivity contribution >= 4 is 15.9 Å². The van der Waals surface area contributed by atoms with Gasteiger partial charge in [0.1, 0.15) is 5.75 Å². The zero-order chi connectivity index (χ0) is 14.7. The maximum Gasteiger partial charge on any atom is 0.119 e. The van der Waals surface area contributed by atoms with Crippen molar-refractivity contribution in [1.82, 2.24) is 15.1 Å². The van der Waals surface area contributed by atoms with E-state index in [1.807, 2.05) is 37.8 Å². The summed E-state index contributed by atoms with van der Waals surface area (Å²) >= 11 is 3.62. The maximum atomic E-state index is 5.30. The van der Waals surface area contributed by atoms with Crippen LogP contribution in [0.25, 0.3) is 0 Å². The minimum absolute atomic E-state index is 0.219. The Labute approximate surface area is 128 Å². The van der Waals surface area contributed by atoms with E-state index in [0.29, 0.717) is 0 Å². The first-order chi connectivity index (χ1) is 9.56. The van der Waals surface area contributed by atoms with Crippen molar-refractivity contribution in [3.63, 3.8) is 0 Å². The van der Waals surface area contributed by atoms with E-state index in [0.717, 1.165) is 22.3 Å². The van der Waals surface area contributed by atoms with E-state index in [-0.39, 0.29) is 6.04 Å². The molecule has 1 unspecified atom stereocenters. The number of hydrogen-bond donors (Lipinski definition) is 1. The zero-order valence-corrected chi connectivity index (χ0v) is 13.9. The van der Waals surface area contributed by atoms with Crippen LogP contribution in [0.1, 0.15) is 23.0 Å². The quantitative estimate of drug-likeness (QED) is 0.911. The molecule has 5 heteroatoms. The lowest BCUT2D eigenvalue weighted by molar-refractivity contribution is 0.413. The zero-order valence-electron chi connectivity index (χ0n) is 12.3. The SMILES string of the molecule is CNC(Cc1c(Br)c(C)nn1C)c1cccc(OC)c1. The second-order valence-corrected chi connectivity index (χ2v) is 5.58. The Kier molecular flexibility index (Phi) is 4.83. The highest BCUT2D eigenvalue weighted by molar-refractivity contribution is 9.10. The smallest absolute Gasteiger partial charge is 0.119 e. The van der Waals surface area contributed by atoms with Crippen molar-refractivity contribution < 1.29 is 4.74 Å². The van der Waals surface area contributed by atoms with Gasteiger partial charge in [0, 0.05) is 19.5 Å². The molecule has 0 fully saturated rings. The topological polar surface area (TPSA) is 39.1 Å². The fourth-order valence-electron chi connectivity index (χ4n) is 2.34. The predicted molar refractivity (Wildman–Crippen MR) is 84.1 cm³/mol. The summed E-state index contributed by atoms with van der Waals surface area (Å²) in [5.41, 5.74) is 3.41. The summed E-state index contributed by atoms with van der Waals surface area (Å²) in [6, 6.07) is 8.37. The van der Waals surface area contributed by atoms with E-state index in [9.17, 15) is 0 Å². The molecule has 0 bridgehead atoms. The van der Waals surface area contributed by atoms with E-state index in [1.165, 1.54) is 11.3 Å². The molecule has 1 aromatic carbocycles. The Balaban J connectivity index is 2.28. The van der Waals surface area contributed by atoms with Crippen molar-refractivity contribution in [2.24, 2.45) is 7.05 Å². The van der Waals surface area contributed by atoms with Crippen molar-refractivity contribution in [1.29, 1.82) is 0 Å². The summed E-state index contributed by atoms with van der Waals surface area (Å²) in [5.74, 6) is 0.878. The number of rotatable bonds is 5. The van der Waals surface area contributed by atoms with Gasteiger partial charge in [0.15, 0.2) is 0 Å². The highest BCUT2D eigenvalue weighted by Crippen LogP contribution is 2.27. The lowest BCUT2D eigenvalue weighted by Gasteiger charge is -2.18. The summed E-state index contributed by atoms with van der Waals surface area (Å²) in [6.45, 7) is 2.01. The first kappa shape index (κ1) is 15.1. The summed E-state index contributed by atoms with van der Waals surface area (Å²) < 4.78 is 8.32. The van der Waals surface area contributed by atoms with Gasteiger partial charge in [-0.1, -0.05) is 12.1 Å². The maximum absolute atomic E-state index is 5.30. The molecular formula is C15H20BrN3O. The molecule has 2 aromatic rings. The highest BCUT2D eigenvalue weighted by Gasteiger charge is 2.17. The number of likely N-dealkylation sites (N-methyl/N-ethyl adjacent to an activating group) is 1. The van der Waals surface area contributed by atoms with Crippen molar-refractivity contribution in [2.75, 3.05) is 14.2 Å². The number of methoxy groups -OCH3 is 1. The van der Waals surface area contributed by atoms with Gasteiger partial charge in [0.25, 0.3) is 0 Å². The molecule has 108 valence electrons. The van der Waals surface area contributed by atoms with Gasteiger partial charge in [-0.25, -0.2) is 0 Å². The molecular weight excluding hydrogens is 318 g/mol. The Morgan fingerprint density at radius 1 is 1.45 bits per heavy atom. The fourth-order valence-corrected chi connectivity index (χ4v) is 2.84. The van der Waals surface area contributed by atoms with Gasteiger partial charge in [-0.05, 0) is 47.6 Å². The third-order valence-electron chi connectivity index (χ3n) is 3.50. The number of hydrogen-bond acceptors (Lipinski definition) is 3. The molecule has 0 spiro atoms. The van der Waals surface area contributed by atoms with Crippen LogP contribution in [-0.2, 0) is 13.5 Å². The van der Waals surface area contributed by atoms with Crippen LogP contribution in [0.5, 0.6) is 5.75 Å². The standard InChI is InChI=1S/C15H20BrN3O/c1-10-15(16)14(19(3)18-10)9-13(17-2)11-6-5-7-12(8-11)20-4/h5-8,13,17H,9H2,1-4H3.